The van der Waals surface area contributed by atoms with Gasteiger partial charge < -0.3 is 9.80 Å². The summed E-state index contributed by atoms with van der Waals surface area (Å²) in [5, 5.41) is 0. The third kappa shape index (κ3) is 4.60. The second kappa shape index (κ2) is 8.96. The molecule has 0 aliphatic carbocycles. The maximum Gasteiger partial charge on any atom is 0.272 e. The van der Waals surface area contributed by atoms with E-state index in [0.717, 1.165) is 24.3 Å². The molecule has 1 aromatic heterocycles. The minimum Gasteiger partial charge on any atom is -0.371 e. The van der Waals surface area contributed by atoms with E-state index in [0.29, 0.717) is 29.6 Å². The number of aromatic nitrogens is 1. The highest BCUT2D eigenvalue weighted by molar-refractivity contribution is 7.89. The van der Waals surface area contributed by atoms with Crippen LogP contribution in [-0.4, -0.2) is 67.8 Å². The predicted molar refractivity (Wildman–Crippen MR) is 121 cm³/mol. The van der Waals surface area contributed by atoms with E-state index in [-0.39, 0.29) is 19.0 Å². The predicted octanol–water partition coefficient (Wildman–Crippen LogP) is 2.95. The summed E-state index contributed by atoms with van der Waals surface area (Å²) in [6.07, 6.45) is 4.02. The van der Waals surface area contributed by atoms with Gasteiger partial charge in [-0.05, 0) is 48.6 Å². The summed E-state index contributed by atoms with van der Waals surface area (Å²) in [6.45, 7) is 7.46. The first-order valence-corrected chi connectivity index (χ1v) is 12.4. The Morgan fingerprint density at radius 2 is 1.58 bits per heavy atom. The van der Waals surface area contributed by atoms with Crippen LogP contribution in [-0.2, 0) is 10.0 Å². The summed E-state index contributed by atoms with van der Waals surface area (Å²) in [7, 11) is -3.56. The lowest BCUT2D eigenvalue weighted by atomic mass is 10.0. The van der Waals surface area contributed by atoms with Gasteiger partial charge in [0, 0.05) is 51.2 Å². The van der Waals surface area contributed by atoms with Crippen LogP contribution in [0.5, 0.6) is 0 Å². The molecular formula is C23H30N4O3S. The lowest BCUT2D eigenvalue weighted by Gasteiger charge is -2.34. The monoisotopic (exact) mass is 442 g/mol. The standard InChI is InChI=1S/C23H30N4O3S/c1-18(2)19-5-7-21(8-6-19)31(29,30)27-15-13-26(14-16-27)23(28)22-17-20(9-10-24-22)25-11-3-4-12-25/h5-10,17-18H,3-4,11-16H2,1-2H3. The van der Waals surface area contributed by atoms with Gasteiger partial charge in [0.15, 0.2) is 0 Å². The molecule has 2 aliphatic rings. The van der Waals surface area contributed by atoms with Crippen LogP contribution in [0.15, 0.2) is 47.5 Å². The van der Waals surface area contributed by atoms with Crippen molar-refractivity contribution >= 4 is 21.6 Å². The van der Waals surface area contributed by atoms with Crippen molar-refractivity contribution < 1.29 is 13.2 Å². The van der Waals surface area contributed by atoms with Crippen LogP contribution in [0.25, 0.3) is 0 Å². The van der Waals surface area contributed by atoms with E-state index >= 15 is 0 Å². The summed E-state index contributed by atoms with van der Waals surface area (Å²) >= 11 is 0. The van der Waals surface area contributed by atoms with E-state index in [4.69, 9.17) is 0 Å². The van der Waals surface area contributed by atoms with E-state index in [1.807, 2.05) is 24.3 Å². The van der Waals surface area contributed by atoms with Gasteiger partial charge >= 0.3 is 0 Å². The van der Waals surface area contributed by atoms with Gasteiger partial charge in [0.1, 0.15) is 5.69 Å². The van der Waals surface area contributed by atoms with Gasteiger partial charge in [0.2, 0.25) is 10.0 Å². The van der Waals surface area contributed by atoms with Crippen molar-refractivity contribution in [2.24, 2.45) is 0 Å². The zero-order chi connectivity index (χ0) is 22.0. The third-order valence-electron chi connectivity index (χ3n) is 6.14. The van der Waals surface area contributed by atoms with Crippen molar-refractivity contribution in [2.75, 3.05) is 44.2 Å². The molecule has 0 N–H and O–H groups in total. The Morgan fingerprint density at radius 1 is 0.935 bits per heavy atom. The van der Waals surface area contributed by atoms with Gasteiger partial charge in [-0.2, -0.15) is 4.31 Å². The molecule has 166 valence electrons. The number of amides is 1. The summed E-state index contributed by atoms with van der Waals surface area (Å²) in [4.78, 5) is 21.5. The van der Waals surface area contributed by atoms with Crippen molar-refractivity contribution in [3.05, 3.63) is 53.9 Å². The van der Waals surface area contributed by atoms with Crippen molar-refractivity contribution in [3.63, 3.8) is 0 Å². The topological polar surface area (TPSA) is 73.8 Å². The van der Waals surface area contributed by atoms with Crippen molar-refractivity contribution in [3.8, 4) is 0 Å². The lowest BCUT2D eigenvalue weighted by Crippen LogP contribution is -2.50. The molecule has 8 heteroatoms. The highest BCUT2D eigenvalue weighted by atomic mass is 32.2. The number of nitrogens with zero attached hydrogens (tertiary/aromatic N) is 4. The molecule has 0 spiro atoms. The highest BCUT2D eigenvalue weighted by Crippen LogP contribution is 2.23. The summed E-state index contributed by atoms with van der Waals surface area (Å²) in [6, 6.07) is 10.9. The molecular weight excluding hydrogens is 412 g/mol. The highest BCUT2D eigenvalue weighted by Gasteiger charge is 2.31. The number of piperazine rings is 1. The van der Waals surface area contributed by atoms with Crippen molar-refractivity contribution in [1.29, 1.82) is 0 Å². The normalized spacial score (nSPS) is 18.0. The molecule has 2 saturated heterocycles. The van der Waals surface area contributed by atoms with E-state index in [1.165, 1.54) is 17.1 Å². The Hall–Kier alpha value is -2.45. The third-order valence-corrected chi connectivity index (χ3v) is 8.06. The first-order chi connectivity index (χ1) is 14.9. The van der Waals surface area contributed by atoms with Gasteiger partial charge in [0.05, 0.1) is 4.90 Å². The molecule has 2 fully saturated rings. The molecule has 2 aromatic rings. The van der Waals surface area contributed by atoms with Crippen LogP contribution in [0.4, 0.5) is 5.69 Å². The number of carbonyl (C=O) groups excluding carboxylic acids is 1. The number of pyridine rings is 1. The van der Waals surface area contributed by atoms with Gasteiger partial charge in [-0.25, -0.2) is 8.42 Å². The molecule has 3 heterocycles. The van der Waals surface area contributed by atoms with Crippen LogP contribution in [0.3, 0.4) is 0 Å². The molecule has 0 unspecified atom stereocenters. The lowest BCUT2D eigenvalue weighted by molar-refractivity contribution is 0.0692. The molecule has 0 radical (unpaired) electrons. The molecule has 2 aliphatic heterocycles. The van der Waals surface area contributed by atoms with E-state index in [1.54, 1.807) is 23.2 Å². The molecule has 7 nitrogen and oxygen atoms in total. The Labute approximate surface area is 184 Å². The molecule has 4 rings (SSSR count). The van der Waals surface area contributed by atoms with Crippen LogP contribution in [0.2, 0.25) is 0 Å². The number of hydrogen-bond donors (Lipinski definition) is 0. The molecule has 0 bridgehead atoms. The van der Waals surface area contributed by atoms with Crippen LogP contribution < -0.4 is 4.90 Å². The van der Waals surface area contributed by atoms with Crippen LogP contribution in [0, 0.1) is 0 Å². The first-order valence-electron chi connectivity index (χ1n) is 11.0. The van der Waals surface area contributed by atoms with E-state index < -0.39 is 10.0 Å². The molecule has 31 heavy (non-hydrogen) atoms. The largest absolute Gasteiger partial charge is 0.371 e. The zero-order valence-corrected chi connectivity index (χ0v) is 19.0. The maximum absolute atomic E-state index is 13.0. The van der Waals surface area contributed by atoms with Crippen molar-refractivity contribution in [1.82, 2.24) is 14.2 Å². The minimum absolute atomic E-state index is 0.139. The Balaban J connectivity index is 1.41. The molecule has 1 amide bonds. The van der Waals surface area contributed by atoms with Crippen LogP contribution in [0.1, 0.15) is 48.7 Å². The van der Waals surface area contributed by atoms with Crippen molar-refractivity contribution in [2.45, 2.75) is 37.5 Å². The first kappa shape index (κ1) is 21.8. The maximum atomic E-state index is 13.0. The average Bonchev–Trinajstić information content (AvgIpc) is 3.34. The quantitative estimate of drug-likeness (QED) is 0.712. The van der Waals surface area contributed by atoms with E-state index in [2.05, 4.69) is 23.7 Å². The summed E-state index contributed by atoms with van der Waals surface area (Å²) in [5.74, 6) is 0.211. The molecule has 1 aromatic carbocycles. The SMILES string of the molecule is CC(C)c1ccc(S(=O)(=O)N2CCN(C(=O)c3cc(N4CCCC4)ccn3)CC2)cc1. The van der Waals surface area contributed by atoms with E-state index in [9.17, 15) is 13.2 Å². The van der Waals surface area contributed by atoms with Gasteiger partial charge in [-0.15, -0.1) is 0 Å². The number of sulfonamides is 1. The molecule has 0 atom stereocenters. The van der Waals surface area contributed by atoms with Gasteiger partial charge in [0.25, 0.3) is 5.91 Å². The summed E-state index contributed by atoms with van der Waals surface area (Å²) in [5.41, 5.74) is 2.56. The fourth-order valence-corrected chi connectivity index (χ4v) is 5.60. The number of carbonyl (C=O) groups is 1. The number of rotatable bonds is 5. The van der Waals surface area contributed by atoms with Gasteiger partial charge in [-0.1, -0.05) is 26.0 Å². The fraction of sp³-hybridized carbons (Fsp3) is 0.478. The minimum atomic E-state index is -3.56. The fourth-order valence-electron chi connectivity index (χ4n) is 4.18. The Kier molecular flexibility index (Phi) is 6.29. The zero-order valence-electron chi connectivity index (χ0n) is 18.2. The second-order valence-electron chi connectivity index (χ2n) is 8.51. The number of anilines is 1. The smallest absolute Gasteiger partial charge is 0.272 e. The molecule has 0 saturated carbocycles. The number of benzene rings is 1. The average molecular weight is 443 g/mol. The Morgan fingerprint density at radius 3 is 2.19 bits per heavy atom. The van der Waals surface area contributed by atoms with Crippen LogP contribution >= 0.6 is 0 Å². The number of hydrogen-bond acceptors (Lipinski definition) is 5. The van der Waals surface area contributed by atoms with Gasteiger partial charge in [-0.3, -0.25) is 9.78 Å². The summed E-state index contributed by atoms with van der Waals surface area (Å²) < 4.78 is 27.5. The Bertz CT molecular complexity index is 1020. The second-order valence-corrected chi connectivity index (χ2v) is 10.5.